The van der Waals surface area contributed by atoms with Crippen molar-refractivity contribution in [2.75, 3.05) is 13.6 Å². The average molecular weight is 284 g/mol. The molecule has 0 aliphatic rings. The number of aromatic nitrogens is 1. The van der Waals surface area contributed by atoms with Gasteiger partial charge in [0.2, 0.25) is 0 Å². The molecule has 2 aromatic carbocycles. The number of hydrogen-bond acceptors (Lipinski definition) is 4. The van der Waals surface area contributed by atoms with Gasteiger partial charge in [0.05, 0.1) is 16.3 Å². The number of hydrogen-bond donors (Lipinski definition) is 2. The van der Waals surface area contributed by atoms with E-state index in [1.165, 1.54) is 4.70 Å². The second-order valence-corrected chi connectivity index (χ2v) is 5.68. The Kier molecular flexibility index (Phi) is 3.78. The zero-order chi connectivity index (χ0) is 13.9. The van der Waals surface area contributed by atoms with Crippen molar-refractivity contribution in [1.82, 2.24) is 10.3 Å². The zero-order valence-corrected chi connectivity index (χ0v) is 12.0. The Morgan fingerprint density at radius 1 is 1.15 bits per heavy atom. The minimum Gasteiger partial charge on any atom is -0.387 e. The number of likely N-dealkylation sites (N-methyl/N-ethyl adjacent to an activating group) is 1. The molecule has 1 unspecified atom stereocenters. The SMILES string of the molecule is CNCC(O)c1ccccc1-c1nc2ccccc2s1. The van der Waals surface area contributed by atoms with Crippen molar-refractivity contribution in [3.05, 3.63) is 54.1 Å². The number of aliphatic hydroxyl groups is 1. The van der Waals surface area contributed by atoms with Crippen LogP contribution in [0.2, 0.25) is 0 Å². The van der Waals surface area contributed by atoms with Crippen LogP contribution in [-0.2, 0) is 0 Å². The third kappa shape index (κ3) is 2.45. The molecule has 0 radical (unpaired) electrons. The monoisotopic (exact) mass is 284 g/mol. The second kappa shape index (κ2) is 5.71. The third-order valence-corrected chi connectivity index (χ3v) is 4.31. The standard InChI is InChI=1S/C16H16N2OS/c1-17-10-14(19)11-6-2-3-7-12(11)16-18-13-8-4-5-9-15(13)20-16/h2-9,14,17,19H,10H2,1H3. The van der Waals surface area contributed by atoms with Gasteiger partial charge in [0.15, 0.2) is 0 Å². The Morgan fingerprint density at radius 3 is 2.70 bits per heavy atom. The van der Waals surface area contributed by atoms with Crippen LogP contribution in [0.1, 0.15) is 11.7 Å². The van der Waals surface area contributed by atoms with Crippen LogP contribution in [0.25, 0.3) is 20.8 Å². The molecule has 1 heterocycles. The molecule has 0 amide bonds. The normalized spacial score (nSPS) is 12.7. The molecule has 0 aliphatic carbocycles. The van der Waals surface area contributed by atoms with E-state index >= 15 is 0 Å². The molecule has 0 spiro atoms. The van der Waals surface area contributed by atoms with Crippen molar-refractivity contribution in [2.24, 2.45) is 0 Å². The Labute approximate surface area is 121 Å². The van der Waals surface area contributed by atoms with Gasteiger partial charge in [-0.05, 0) is 24.7 Å². The lowest BCUT2D eigenvalue weighted by Gasteiger charge is -2.13. The lowest BCUT2D eigenvalue weighted by Crippen LogP contribution is -2.17. The number of para-hydroxylation sites is 1. The van der Waals surface area contributed by atoms with Gasteiger partial charge in [-0.25, -0.2) is 4.98 Å². The highest BCUT2D eigenvalue weighted by Gasteiger charge is 2.15. The van der Waals surface area contributed by atoms with Gasteiger partial charge in [-0.15, -0.1) is 11.3 Å². The summed E-state index contributed by atoms with van der Waals surface area (Å²) in [5.74, 6) is 0. The number of fused-ring (bicyclic) bond motifs is 1. The molecule has 3 rings (SSSR count). The number of thiazole rings is 1. The second-order valence-electron chi connectivity index (χ2n) is 4.65. The van der Waals surface area contributed by atoms with Crippen LogP contribution in [0, 0.1) is 0 Å². The lowest BCUT2D eigenvalue weighted by molar-refractivity contribution is 0.178. The molecular weight excluding hydrogens is 268 g/mol. The molecule has 0 aliphatic heterocycles. The molecule has 1 atom stereocenters. The largest absolute Gasteiger partial charge is 0.387 e. The maximum absolute atomic E-state index is 10.3. The predicted molar refractivity (Wildman–Crippen MR) is 83.9 cm³/mol. The average Bonchev–Trinajstić information content (AvgIpc) is 2.91. The maximum atomic E-state index is 10.3. The fourth-order valence-corrected chi connectivity index (χ4v) is 3.29. The minimum absolute atomic E-state index is 0.525. The first-order chi connectivity index (χ1) is 9.79. The van der Waals surface area contributed by atoms with Crippen molar-refractivity contribution in [3.63, 3.8) is 0 Å². The third-order valence-electron chi connectivity index (χ3n) is 3.24. The number of benzene rings is 2. The highest BCUT2D eigenvalue weighted by Crippen LogP contribution is 2.34. The summed E-state index contributed by atoms with van der Waals surface area (Å²) in [6, 6.07) is 16.0. The molecule has 20 heavy (non-hydrogen) atoms. The van der Waals surface area contributed by atoms with Crippen LogP contribution in [-0.4, -0.2) is 23.7 Å². The van der Waals surface area contributed by atoms with Gasteiger partial charge in [-0.2, -0.15) is 0 Å². The highest BCUT2D eigenvalue weighted by atomic mass is 32.1. The van der Waals surface area contributed by atoms with Gasteiger partial charge in [0.1, 0.15) is 5.01 Å². The molecule has 4 heteroatoms. The molecule has 2 N–H and O–H groups in total. The first-order valence-corrected chi connectivity index (χ1v) is 7.39. The van der Waals surface area contributed by atoms with Crippen LogP contribution in [0.15, 0.2) is 48.5 Å². The fraction of sp³-hybridized carbons (Fsp3) is 0.188. The zero-order valence-electron chi connectivity index (χ0n) is 11.2. The Balaban J connectivity index is 2.09. The smallest absolute Gasteiger partial charge is 0.124 e. The van der Waals surface area contributed by atoms with Gasteiger partial charge in [0, 0.05) is 12.1 Å². The topological polar surface area (TPSA) is 45.1 Å². The Bertz CT molecular complexity index is 690. The van der Waals surface area contributed by atoms with E-state index in [9.17, 15) is 5.11 Å². The van der Waals surface area contributed by atoms with Crippen LogP contribution in [0.4, 0.5) is 0 Å². The molecule has 102 valence electrons. The first-order valence-electron chi connectivity index (χ1n) is 6.57. The van der Waals surface area contributed by atoms with Crippen LogP contribution < -0.4 is 5.32 Å². The van der Waals surface area contributed by atoms with E-state index in [2.05, 4.69) is 16.4 Å². The van der Waals surface area contributed by atoms with Gasteiger partial charge >= 0.3 is 0 Å². The van der Waals surface area contributed by atoms with E-state index < -0.39 is 6.10 Å². The van der Waals surface area contributed by atoms with Gasteiger partial charge < -0.3 is 10.4 Å². The summed E-state index contributed by atoms with van der Waals surface area (Å²) in [6.45, 7) is 0.530. The summed E-state index contributed by atoms with van der Waals surface area (Å²) in [6.07, 6.45) is -0.525. The first kappa shape index (κ1) is 13.2. The van der Waals surface area contributed by atoms with Crippen LogP contribution in [0.3, 0.4) is 0 Å². The van der Waals surface area contributed by atoms with E-state index in [0.29, 0.717) is 6.54 Å². The summed E-state index contributed by atoms with van der Waals surface area (Å²) < 4.78 is 1.17. The summed E-state index contributed by atoms with van der Waals surface area (Å²) in [5, 5.41) is 14.2. The summed E-state index contributed by atoms with van der Waals surface area (Å²) in [5.41, 5.74) is 2.93. The number of nitrogens with zero attached hydrogens (tertiary/aromatic N) is 1. The van der Waals surface area contributed by atoms with Gasteiger partial charge in [0.25, 0.3) is 0 Å². The lowest BCUT2D eigenvalue weighted by atomic mass is 10.0. The van der Waals surface area contributed by atoms with E-state index in [1.807, 2.05) is 49.5 Å². The van der Waals surface area contributed by atoms with E-state index in [0.717, 1.165) is 21.7 Å². The van der Waals surface area contributed by atoms with E-state index in [-0.39, 0.29) is 0 Å². The summed E-state index contributed by atoms with van der Waals surface area (Å²) in [4.78, 5) is 4.67. The van der Waals surface area contributed by atoms with Crippen molar-refractivity contribution >= 4 is 21.6 Å². The molecule has 3 nitrogen and oxygen atoms in total. The van der Waals surface area contributed by atoms with E-state index in [1.54, 1.807) is 11.3 Å². The predicted octanol–water partition coefficient (Wildman–Crippen LogP) is 3.22. The molecule has 0 fully saturated rings. The van der Waals surface area contributed by atoms with Crippen molar-refractivity contribution < 1.29 is 5.11 Å². The molecular formula is C16H16N2OS. The minimum atomic E-state index is -0.525. The van der Waals surface area contributed by atoms with Gasteiger partial charge in [-0.1, -0.05) is 36.4 Å². The molecule has 1 aromatic heterocycles. The number of rotatable bonds is 4. The van der Waals surface area contributed by atoms with Crippen LogP contribution >= 0.6 is 11.3 Å². The van der Waals surface area contributed by atoms with Crippen molar-refractivity contribution in [2.45, 2.75) is 6.10 Å². The maximum Gasteiger partial charge on any atom is 0.124 e. The summed E-state index contributed by atoms with van der Waals surface area (Å²) in [7, 11) is 1.84. The van der Waals surface area contributed by atoms with Crippen molar-refractivity contribution in [1.29, 1.82) is 0 Å². The number of nitrogens with one attached hydrogen (secondary N) is 1. The molecule has 0 saturated heterocycles. The van der Waals surface area contributed by atoms with Crippen molar-refractivity contribution in [3.8, 4) is 10.6 Å². The fourth-order valence-electron chi connectivity index (χ4n) is 2.27. The van der Waals surface area contributed by atoms with Gasteiger partial charge in [-0.3, -0.25) is 0 Å². The summed E-state index contributed by atoms with van der Waals surface area (Å²) >= 11 is 1.66. The highest BCUT2D eigenvalue weighted by molar-refractivity contribution is 7.21. The quantitative estimate of drug-likeness (QED) is 0.773. The Hall–Kier alpha value is -1.75. The molecule has 3 aromatic rings. The Morgan fingerprint density at radius 2 is 1.90 bits per heavy atom. The molecule has 0 saturated carbocycles. The molecule has 0 bridgehead atoms. The van der Waals surface area contributed by atoms with Crippen LogP contribution in [0.5, 0.6) is 0 Å². The van der Waals surface area contributed by atoms with E-state index in [4.69, 9.17) is 0 Å². The number of aliphatic hydroxyl groups excluding tert-OH is 1.